The van der Waals surface area contributed by atoms with Crippen LogP contribution in [-0.2, 0) is 6.42 Å². The highest BCUT2D eigenvalue weighted by atomic mass is 32.2. The average Bonchev–Trinajstić information content (AvgIpc) is 3.11. The Morgan fingerprint density at radius 1 is 1.40 bits per heavy atom. The molecule has 5 nitrogen and oxygen atoms in total. The highest BCUT2D eigenvalue weighted by Gasteiger charge is 2.37. The number of nitrogens with one attached hydrogen (secondary N) is 2. The van der Waals surface area contributed by atoms with Crippen LogP contribution < -0.4 is 15.5 Å². The third-order valence-corrected chi connectivity index (χ3v) is 5.80. The van der Waals surface area contributed by atoms with Gasteiger partial charge in [-0.15, -0.1) is 0 Å². The van der Waals surface area contributed by atoms with Crippen LogP contribution in [0.1, 0.15) is 19.0 Å². The van der Waals surface area contributed by atoms with Crippen molar-refractivity contribution in [3.8, 4) is 0 Å². The summed E-state index contributed by atoms with van der Waals surface area (Å²) in [7, 11) is 4.09. The van der Waals surface area contributed by atoms with Crippen LogP contribution in [0.15, 0.2) is 4.90 Å². The molecule has 0 radical (unpaired) electrons. The standard InChI is InChI=1S/C14H23N5S/c1-5-19(3)14-17-9-6-7-20(4)12(9)13(18-14)16-11-8-10(11)15-2/h10-11,15H,4-8H2,1-3H3,(H,16,17,18)/t10-,11+,20?/m1/s1. The van der Waals surface area contributed by atoms with Crippen molar-refractivity contribution in [3.63, 3.8) is 0 Å². The quantitative estimate of drug-likeness (QED) is 0.802. The molecule has 1 unspecified atom stereocenters. The van der Waals surface area contributed by atoms with Crippen LogP contribution in [0.25, 0.3) is 0 Å². The third kappa shape index (κ3) is 2.42. The average molecular weight is 293 g/mol. The molecule has 0 aromatic carbocycles. The number of aromatic nitrogens is 2. The topological polar surface area (TPSA) is 53.1 Å². The molecule has 3 rings (SSSR count). The second kappa shape index (κ2) is 5.33. The van der Waals surface area contributed by atoms with E-state index < -0.39 is 0 Å². The summed E-state index contributed by atoms with van der Waals surface area (Å²) in [5, 5.41) is 6.90. The summed E-state index contributed by atoms with van der Waals surface area (Å²) in [6, 6.07) is 1.07. The maximum atomic E-state index is 4.76. The zero-order valence-corrected chi connectivity index (χ0v) is 13.3. The molecular weight excluding hydrogens is 270 g/mol. The fourth-order valence-corrected chi connectivity index (χ4v) is 4.04. The number of rotatable bonds is 5. The Morgan fingerprint density at radius 2 is 2.20 bits per heavy atom. The van der Waals surface area contributed by atoms with Gasteiger partial charge in [-0.3, -0.25) is 0 Å². The van der Waals surface area contributed by atoms with Gasteiger partial charge in [0, 0.05) is 25.7 Å². The molecule has 1 aliphatic heterocycles. The highest BCUT2D eigenvalue weighted by molar-refractivity contribution is 8.14. The Hall–Kier alpha value is -1.14. The molecule has 1 saturated carbocycles. The van der Waals surface area contributed by atoms with Crippen LogP contribution in [-0.4, -0.2) is 54.3 Å². The molecule has 1 aliphatic carbocycles. The minimum absolute atomic E-state index is 0.0390. The van der Waals surface area contributed by atoms with Gasteiger partial charge in [0.25, 0.3) is 0 Å². The minimum atomic E-state index is 0.0390. The van der Waals surface area contributed by atoms with E-state index in [1.165, 1.54) is 17.0 Å². The Bertz CT molecular complexity index is 545. The van der Waals surface area contributed by atoms with Crippen LogP contribution in [0.3, 0.4) is 0 Å². The van der Waals surface area contributed by atoms with E-state index in [0.717, 1.165) is 30.5 Å². The van der Waals surface area contributed by atoms with Crippen LogP contribution in [0.2, 0.25) is 0 Å². The first-order valence-corrected chi connectivity index (χ1v) is 8.76. The zero-order chi connectivity index (χ0) is 14.3. The van der Waals surface area contributed by atoms with Crippen molar-refractivity contribution in [3.05, 3.63) is 5.69 Å². The monoisotopic (exact) mass is 293 g/mol. The summed E-state index contributed by atoms with van der Waals surface area (Å²) in [5.41, 5.74) is 1.19. The first-order chi connectivity index (χ1) is 9.63. The van der Waals surface area contributed by atoms with E-state index in [0.29, 0.717) is 12.1 Å². The molecule has 0 spiro atoms. The second-order valence-electron chi connectivity index (χ2n) is 5.49. The number of aryl methyl sites for hydroxylation is 1. The highest BCUT2D eigenvalue weighted by Crippen LogP contribution is 2.42. The number of hydrogen-bond acceptors (Lipinski definition) is 5. The van der Waals surface area contributed by atoms with Gasteiger partial charge in [-0.2, -0.15) is 15.5 Å². The molecule has 110 valence electrons. The predicted octanol–water partition coefficient (Wildman–Crippen LogP) is 1.32. The van der Waals surface area contributed by atoms with Gasteiger partial charge >= 0.3 is 0 Å². The van der Waals surface area contributed by atoms with E-state index in [-0.39, 0.29) is 10.5 Å². The number of nitrogens with zero attached hydrogens (tertiary/aromatic N) is 3. The predicted molar refractivity (Wildman–Crippen MR) is 87.4 cm³/mol. The van der Waals surface area contributed by atoms with Gasteiger partial charge in [0.15, 0.2) is 0 Å². The summed E-state index contributed by atoms with van der Waals surface area (Å²) < 4.78 is 0. The van der Waals surface area contributed by atoms with Gasteiger partial charge < -0.3 is 15.5 Å². The molecule has 2 heterocycles. The lowest BCUT2D eigenvalue weighted by molar-refractivity contribution is 0.786. The molecule has 6 heteroatoms. The van der Waals surface area contributed by atoms with Crippen molar-refractivity contribution in [2.75, 3.05) is 36.6 Å². The number of fused-ring (bicyclic) bond motifs is 1. The molecular formula is C14H23N5S. The smallest absolute Gasteiger partial charge is 0.227 e. The van der Waals surface area contributed by atoms with E-state index in [1.807, 2.05) is 14.1 Å². The molecule has 2 aliphatic rings. The number of likely N-dealkylation sites (N-methyl/N-ethyl adjacent to an activating group) is 1. The fourth-order valence-electron chi connectivity index (χ4n) is 2.54. The molecule has 0 bridgehead atoms. The first kappa shape index (κ1) is 13.8. The van der Waals surface area contributed by atoms with E-state index in [4.69, 9.17) is 9.97 Å². The zero-order valence-electron chi connectivity index (χ0n) is 12.4. The van der Waals surface area contributed by atoms with Crippen molar-refractivity contribution in [2.24, 2.45) is 0 Å². The van der Waals surface area contributed by atoms with Gasteiger partial charge in [0.05, 0.1) is 10.6 Å². The van der Waals surface area contributed by atoms with Crippen molar-refractivity contribution < 1.29 is 0 Å². The van der Waals surface area contributed by atoms with Gasteiger partial charge in [-0.1, -0.05) is 5.87 Å². The largest absolute Gasteiger partial charge is 0.365 e. The molecule has 1 aromatic heterocycles. The van der Waals surface area contributed by atoms with Crippen molar-refractivity contribution >= 4 is 28.1 Å². The molecule has 1 aromatic rings. The van der Waals surface area contributed by atoms with Crippen molar-refractivity contribution in [1.29, 1.82) is 0 Å². The van der Waals surface area contributed by atoms with Gasteiger partial charge in [0.2, 0.25) is 5.95 Å². The van der Waals surface area contributed by atoms with Crippen molar-refractivity contribution in [2.45, 2.75) is 36.7 Å². The van der Waals surface area contributed by atoms with Crippen LogP contribution in [0.5, 0.6) is 0 Å². The van der Waals surface area contributed by atoms with Gasteiger partial charge in [0.1, 0.15) is 5.82 Å². The summed E-state index contributed by atoms with van der Waals surface area (Å²) >= 11 is 0. The Kier molecular flexibility index (Phi) is 3.69. The van der Waals surface area contributed by atoms with Gasteiger partial charge in [-0.05, 0) is 32.6 Å². The Labute approximate surface area is 123 Å². The Morgan fingerprint density at radius 3 is 2.85 bits per heavy atom. The molecule has 20 heavy (non-hydrogen) atoms. The second-order valence-corrected chi connectivity index (χ2v) is 7.29. The lowest BCUT2D eigenvalue weighted by Crippen LogP contribution is -2.22. The summed E-state index contributed by atoms with van der Waals surface area (Å²) in [6.07, 6.45) is 2.20. The van der Waals surface area contributed by atoms with E-state index in [9.17, 15) is 0 Å². The number of hydrogen-bond donors (Lipinski definition) is 2. The summed E-state index contributed by atoms with van der Waals surface area (Å²) in [5.74, 6) is 7.23. The molecule has 1 fully saturated rings. The van der Waals surface area contributed by atoms with E-state index in [1.54, 1.807) is 0 Å². The van der Waals surface area contributed by atoms with Gasteiger partial charge in [-0.25, -0.2) is 4.98 Å². The molecule has 2 N–H and O–H groups in total. The molecule has 0 saturated heterocycles. The molecule has 3 atom stereocenters. The summed E-state index contributed by atoms with van der Waals surface area (Å²) in [4.78, 5) is 12.8. The fraction of sp³-hybridized carbons (Fsp3) is 0.643. The first-order valence-electron chi connectivity index (χ1n) is 7.20. The minimum Gasteiger partial charge on any atom is -0.365 e. The SMILES string of the molecule is C=S1CCc2nc(N(C)CC)nc(N[C@H]3C[C@H]3NC)c21. The van der Waals surface area contributed by atoms with Crippen LogP contribution >= 0.6 is 10.5 Å². The number of anilines is 2. The van der Waals surface area contributed by atoms with Crippen LogP contribution in [0, 0.1) is 0 Å². The molecule has 0 amide bonds. The lowest BCUT2D eigenvalue weighted by Gasteiger charge is -2.18. The normalized spacial score (nSPS) is 27.2. The van der Waals surface area contributed by atoms with Crippen LogP contribution in [0.4, 0.5) is 11.8 Å². The maximum absolute atomic E-state index is 4.76. The third-order valence-electron chi connectivity index (χ3n) is 4.10. The maximum Gasteiger partial charge on any atom is 0.227 e. The van der Waals surface area contributed by atoms with Crippen molar-refractivity contribution in [1.82, 2.24) is 15.3 Å². The van der Waals surface area contributed by atoms with E-state index >= 15 is 0 Å². The van der Waals surface area contributed by atoms with E-state index in [2.05, 4.69) is 28.3 Å². The Balaban J connectivity index is 1.93. The lowest BCUT2D eigenvalue weighted by atomic mass is 10.3. The summed E-state index contributed by atoms with van der Waals surface area (Å²) in [6.45, 7) is 3.03.